The number of aliphatic carboxylic acids is 1. The van der Waals surface area contributed by atoms with E-state index in [1.165, 1.54) is 6.07 Å². The van der Waals surface area contributed by atoms with E-state index in [1.54, 1.807) is 42.5 Å². The zero-order valence-electron chi connectivity index (χ0n) is 17.4. The minimum Gasteiger partial charge on any atom is -0.491 e. The molecular formula is C24H24O8. The van der Waals surface area contributed by atoms with E-state index in [9.17, 15) is 19.8 Å². The largest absolute Gasteiger partial charge is 0.491 e. The first-order chi connectivity index (χ1) is 15.4. The van der Waals surface area contributed by atoms with Gasteiger partial charge in [-0.1, -0.05) is 12.1 Å². The van der Waals surface area contributed by atoms with Crippen LogP contribution < -0.4 is 15.1 Å². The lowest BCUT2D eigenvalue weighted by Gasteiger charge is -2.23. The molecule has 1 aromatic heterocycles. The first kappa shape index (κ1) is 21.9. The Labute approximate surface area is 184 Å². The summed E-state index contributed by atoms with van der Waals surface area (Å²) in [5.41, 5.74) is -0.442. The maximum Gasteiger partial charge on any atom is 0.336 e. The number of aliphatic hydroxyl groups is 1. The highest BCUT2D eigenvalue weighted by molar-refractivity contribution is 5.78. The Morgan fingerprint density at radius 1 is 1.06 bits per heavy atom. The van der Waals surface area contributed by atoms with Crippen molar-refractivity contribution < 1.29 is 33.6 Å². The van der Waals surface area contributed by atoms with Crippen molar-refractivity contribution in [3.63, 3.8) is 0 Å². The van der Waals surface area contributed by atoms with Gasteiger partial charge in [0.15, 0.2) is 5.60 Å². The number of aliphatic hydroxyl groups excluding tert-OH is 1. The summed E-state index contributed by atoms with van der Waals surface area (Å²) in [5.74, 6) is 0.0258. The molecule has 2 atom stereocenters. The van der Waals surface area contributed by atoms with Crippen molar-refractivity contribution in [3.8, 4) is 11.5 Å². The molecule has 1 fully saturated rings. The van der Waals surface area contributed by atoms with Crippen LogP contribution in [0.2, 0.25) is 0 Å². The van der Waals surface area contributed by atoms with Gasteiger partial charge in [0.1, 0.15) is 36.4 Å². The summed E-state index contributed by atoms with van der Waals surface area (Å²) in [7, 11) is 0. The third-order valence-electron chi connectivity index (χ3n) is 5.36. The number of rotatable bonds is 9. The van der Waals surface area contributed by atoms with Crippen LogP contribution in [0.15, 0.2) is 63.8 Å². The second-order valence-electron chi connectivity index (χ2n) is 7.81. The van der Waals surface area contributed by atoms with Gasteiger partial charge in [0.2, 0.25) is 0 Å². The van der Waals surface area contributed by atoms with Gasteiger partial charge in [-0.05, 0) is 48.7 Å². The quantitative estimate of drug-likeness (QED) is 0.488. The molecule has 2 heterocycles. The van der Waals surface area contributed by atoms with E-state index in [1.807, 2.05) is 6.07 Å². The summed E-state index contributed by atoms with van der Waals surface area (Å²) in [6.45, 7) is 0.420. The van der Waals surface area contributed by atoms with Crippen LogP contribution in [0, 0.1) is 0 Å². The average Bonchev–Trinajstić information content (AvgIpc) is 3.26. The Hall–Kier alpha value is -3.36. The molecule has 0 aliphatic carbocycles. The zero-order chi connectivity index (χ0) is 22.6. The maximum absolute atomic E-state index is 11.7. The summed E-state index contributed by atoms with van der Waals surface area (Å²) in [5, 5.41) is 20.6. The molecule has 0 saturated carbocycles. The number of carboxylic acid groups (broad SMARTS) is 1. The third kappa shape index (κ3) is 5.09. The Balaban J connectivity index is 1.31. The summed E-state index contributed by atoms with van der Waals surface area (Å²) < 4.78 is 21.9. The van der Waals surface area contributed by atoms with E-state index < -0.39 is 23.3 Å². The van der Waals surface area contributed by atoms with Crippen molar-refractivity contribution in [3.05, 3.63) is 70.6 Å². The van der Waals surface area contributed by atoms with Crippen LogP contribution in [0.25, 0.3) is 11.0 Å². The van der Waals surface area contributed by atoms with Crippen molar-refractivity contribution in [2.45, 2.75) is 31.0 Å². The molecule has 8 heteroatoms. The minimum absolute atomic E-state index is 0.00725. The standard InChI is InChI=1S/C24H24O8/c25-18(15-30-20-7-5-17-6-8-22(26)32-21(17)12-20)14-29-19-4-1-3-16(11-19)13-24(23(27)28)9-2-10-31-24/h1,3-8,11-12,18,25H,2,9-10,13-15H2,(H,27,28)/t18-,24?/m1/s1. The molecule has 2 N–H and O–H groups in total. The highest BCUT2D eigenvalue weighted by Crippen LogP contribution is 2.31. The molecule has 4 rings (SSSR count). The molecule has 1 saturated heterocycles. The number of benzene rings is 2. The smallest absolute Gasteiger partial charge is 0.336 e. The molecule has 0 radical (unpaired) electrons. The van der Waals surface area contributed by atoms with Crippen molar-refractivity contribution >= 4 is 16.9 Å². The number of carbonyl (C=O) groups is 1. The first-order valence-electron chi connectivity index (χ1n) is 10.4. The lowest BCUT2D eigenvalue weighted by molar-refractivity contribution is -0.159. The van der Waals surface area contributed by atoms with Crippen molar-refractivity contribution in [2.75, 3.05) is 19.8 Å². The molecule has 1 aliphatic heterocycles. The van der Waals surface area contributed by atoms with Crippen LogP contribution in [0.3, 0.4) is 0 Å². The van der Waals surface area contributed by atoms with Crippen LogP contribution in [0.5, 0.6) is 11.5 Å². The second kappa shape index (κ2) is 9.42. The fourth-order valence-corrected chi connectivity index (χ4v) is 3.72. The first-order valence-corrected chi connectivity index (χ1v) is 10.4. The lowest BCUT2D eigenvalue weighted by Crippen LogP contribution is -2.40. The molecule has 0 bridgehead atoms. The van der Waals surface area contributed by atoms with E-state index >= 15 is 0 Å². The summed E-state index contributed by atoms with van der Waals surface area (Å²) in [4.78, 5) is 23.0. The molecule has 8 nitrogen and oxygen atoms in total. The Kier molecular flexibility index (Phi) is 6.43. The highest BCUT2D eigenvalue weighted by Gasteiger charge is 2.42. The topological polar surface area (TPSA) is 115 Å². The van der Waals surface area contributed by atoms with Gasteiger partial charge in [0.05, 0.1) is 0 Å². The fourth-order valence-electron chi connectivity index (χ4n) is 3.72. The normalized spacial score (nSPS) is 19.0. The van der Waals surface area contributed by atoms with E-state index in [2.05, 4.69) is 0 Å². The summed E-state index contributed by atoms with van der Waals surface area (Å²) in [6, 6.07) is 15.2. The van der Waals surface area contributed by atoms with Crippen molar-refractivity contribution in [1.29, 1.82) is 0 Å². The molecule has 168 valence electrons. The summed E-state index contributed by atoms with van der Waals surface area (Å²) >= 11 is 0. The molecular weight excluding hydrogens is 416 g/mol. The molecule has 0 spiro atoms. The van der Waals surface area contributed by atoms with Crippen molar-refractivity contribution in [2.24, 2.45) is 0 Å². The summed E-state index contributed by atoms with van der Waals surface area (Å²) in [6.07, 6.45) is 0.545. The maximum atomic E-state index is 11.7. The van der Waals surface area contributed by atoms with Crippen LogP contribution >= 0.6 is 0 Å². The van der Waals surface area contributed by atoms with Gasteiger partial charge < -0.3 is 28.8 Å². The van der Waals surface area contributed by atoms with Gasteiger partial charge in [-0.2, -0.15) is 0 Å². The zero-order valence-corrected chi connectivity index (χ0v) is 17.4. The minimum atomic E-state index is -1.19. The van der Waals surface area contributed by atoms with E-state index in [0.29, 0.717) is 30.1 Å². The second-order valence-corrected chi connectivity index (χ2v) is 7.81. The molecule has 2 aromatic carbocycles. The monoisotopic (exact) mass is 440 g/mol. The van der Waals surface area contributed by atoms with Crippen LogP contribution in [0.4, 0.5) is 0 Å². The van der Waals surface area contributed by atoms with Gasteiger partial charge in [-0.25, -0.2) is 9.59 Å². The van der Waals surface area contributed by atoms with Gasteiger partial charge in [-0.15, -0.1) is 0 Å². The Morgan fingerprint density at radius 3 is 2.53 bits per heavy atom. The molecule has 0 amide bonds. The number of fused-ring (bicyclic) bond motifs is 1. The SMILES string of the molecule is O=C(O)C1(Cc2cccc(OC[C@@H](O)COc3ccc4ccc(=O)oc4c3)c2)CCCO1. The number of ether oxygens (including phenoxy) is 3. The van der Waals surface area contributed by atoms with Gasteiger partial charge >= 0.3 is 11.6 Å². The van der Waals surface area contributed by atoms with Gasteiger partial charge in [0, 0.05) is 30.5 Å². The van der Waals surface area contributed by atoms with Crippen molar-refractivity contribution in [1.82, 2.24) is 0 Å². The van der Waals surface area contributed by atoms with E-state index in [4.69, 9.17) is 18.6 Å². The lowest BCUT2D eigenvalue weighted by atomic mass is 9.91. The fraction of sp³-hybridized carbons (Fsp3) is 0.333. The Morgan fingerprint density at radius 2 is 1.81 bits per heavy atom. The Bertz CT molecular complexity index is 1150. The molecule has 1 unspecified atom stereocenters. The molecule has 32 heavy (non-hydrogen) atoms. The highest BCUT2D eigenvalue weighted by atomic mass is 16.5. The van der Waals surface area contributed by atoms with Gasteiger partial charge in [0.25, 0.3) is 0 Å². The predicted octanol–water partition coefficient (Wildman–Crippen LogP) is 2.79. The number of hydrogen-bond donors (Lipinski definition) is 2. The van der Waals surface area contributed by atoms with E-state index in [0.717, 1.165) is 17.4 Å². The van der Waals surface area contributed by atoms with Crippen LogP contribution in [-0.2, 0) is 16.0 Å². The number of carboxylic acids is 1. The van der Waals surface area contributed by atoms with E-state index in [-0.39, 0.29) is 19.6 Å². The van der Waals surface area contributed by atoms with Crippen LogP contribution in [-0.4, -0.2) is 47.7 Å². The molecule has 3 aromatic rings. The van der Waals surface area contributed by atoms with Crippen LogP contribution in [0.1, 0.15) is 18.4 Å². The number of hydrogen-bond acceptors (Lipinski definition) is 7. The van der Waals surface area contributed by atoms with Gasteiger partial charge in [-0.3, -0.25) is 0 Å². The molecule has 1 aliphatic rings. The average molecular weight is 440 g/mol. The third-order valence-corrected chi connectivity index (χ3v) is 5.36. The predicted molar refractivity (Wildman–Crippen MR) is 115 cm³/mol.